The first kappa shape index (κ1) is 15.3. The minimum Gasteiger partial charge on any atom is -0.378 e. The summed E-state index contributed by atoms with van der Waals surface area (Å²) in [5.41, 5.74) is 2.22. The van der Waals surface area contributed by atoms with Crippen molar-refractivity contribution < 1.29 is 5.11 Å². The molecule has 0 unspecified atom stereocenters. The van der Waals surface area contributed by atoms with Gasteiger partial charge in [-0.05, 0) is 43.0 Å². The third kappa shape index (κ3) is 3.97. The van der Waals surface area contributed by atoms with Crippen molar-refractivity contribution in [2.45, 2.75) is 25.9 Å². The van der Waals surface area contributed by atoms with Crippen molar-refractivity contribution in [1.82, 2.24) is 4.98 Å². The van der Waals surface area contributed by atoms with Crippen LogP contribution in [0.1, 0.15) is 30.7 Å². The molecule has 2 nitrogen and oxygen atoms in total. The Morgan fingerprint density at radius 1 is 1.00 bits per heavy atom. The van der Waals surface area contributed by atoms with Gasteiger partial charge in [0, 0.05) is 23.6 Å². The number of aromatic nitrogens is 1. The van der Waals surface area contributed by atoms with Gasteiger partial charge in [0.2, 0.25) is 0 Å². The molecule has 0 aliphatic rings. The Morgan fingerprint density at radius 2 is 1.74 bits per heavy atom. The number of fused-ring (bicyclic) bond motifs is 1. The molecule has 0 saturated carbocycles. The average Bonchev–Trinajstić information content (AvgIpc) is 2.54. The fourth-order valence-corrected chi connectivity index (χ4v) is 2.45. The average molecular weight is 301 g/mol. The van der Waals surface area contributed by atoms with E-state index in [1.54, 1.807) is 13.8 Å². The molecule has 0 radical (unpaired) electrons. The molecule has 2 aromatic carbocycles. The molecule has 23 heavy (non-hydrogen) atoms. The lowest BCUT2D eigenvalue weighted by atomic mass is 10.0. The van der Waals surface area contributed by atoms with Crippen molar-refractivity contribution in [1.29, 1.82) is 0 Å². The van der Waals surface area contributed by atoms with Crippen LogP contribution >= 0.6 is 0 Å². The van der Waals surface area contributed by atoms with Crippen LogP contribution in [0, 0.1) is 11.8 Å². The van der Waals surface area contributed by atoms with Crippen LogP contribution in [-0.2, 0) is 6.42 Å². The quantitative estimate of drug-likeness (QED) is 0.727. The van der Waals surface area contributed by atoms with Crippen molar-refractivity contribution >= 4 is 10.8 Å². The highest BCUT2D eigenvalue weighted by molar-refractivity contribution is 5.84. The highest BCUT2D eigenvalue weighted by Crippen LogP contribution is 2.19. The van der Waals surface area contributed by atoms with E-state index in [0.717, 1.165) is 17.7 Å². The standard InChI is InChI=1S/C21H19NO/c1-21(2,23)13-11-16-7-9-17(10-8-16)15-20-19-6-4-3-5-18(19)12-14-22-20/h3-10,12,14,23H,15H2,1-2H3. The molecule has 0 aliphatic carbocycles. The third-order valence-corrected chi connectivity index (χ3v) is 3.59. The first-order valence-corrected chi connectivity index (χ1v) is 7.68. The Hall–Kier alpha value is -2.63. The van der Waals surface area contributed by atoms with Gasteiger partial charge in [0.1, 0.15) is 5.60 Å². The van der Waals surface area contributed by atoms with E-state index in [1.165, 1.54) is 16.3 Å². The van der Waals surface area contributed by atoms with Crippen LogP contribution in [0.25, 0.3) is 10.8 Å². The minimum atomic E-state index is -0.967. The van der Waals surface area contributed by atoms with E-state index in [4.69, 9.17) is 0 Å². The van der Waals surface area contributed by atoms with E-state index in [0.29, 0.717) is 0 Å². The summed E-state index contributed by atoms with van der Waals surface area (Å²) in [6.45, 7) is 3.36. The highest BCUT2D eigenvalue weighted by Gasteiger charge is 2.06. The predicted octanol–water partition coefficient (Wildman–Crippen LogP) is 3.95. The molecular formula is C21H19NO. The van der Waals surface area contributed by atoms with Gasteiger partial charge in [-0.2, -0.15) is 0 Å². The van der Waals surface area contributed by atoms with Crippen LogP contribution in [0.2, 0.25) is 0 Å². The summed E-state index contributed by atoms with van der Waals surface area (Å²) in [6, 6.07) is 18.4. The molecule has 0 aliphatic heterocycles. The van der Waals surface area contributed by atoms with Crippen molar-refractivity contribution in [3.05, 3.63) is 77.6 Å². The molecular weight excluding hydrogens is 282 g/mol. The van der Waals surface area contributed by atoms with Gasteiger partial charge in [-0.1, -0.05) is 48.2 Å². The van der Waals surface area contributed by atoms with E-state index in [9.17, 15) is 5.11 Å². The van der Waals surface area contributed by atoms with Gasteiger partial charge in [-0.25, -0.2) is 0 Å². The van der Waals surface area contributed by atoms with Crippen LogP contribution in [-0.4, -0.2) is 15.7 Å². The minimum absolute atomic E-state index is 0.792. The zero-order valence-corrected chi connectivity index (χ0v) is 13.4. The van der Waals surface area contributed by atoms with E-state index in [-0.39, 0.29) is 0 Å². The highest BCUT2D eigenvalue weighted by atomic mass is 16.3. The summed E-state index contributed by atoms with van der Waals surface area (Å²) in [7, 11) is 0. The van der Waals surface area contributed by atoms with Crippen LogP contribution in [0.4, 0.5) is 0 Å². The van der Waals surface area contributed by atoms with Gasteiger partial charge in [0.25, 0.3) is 0 Å². The second kappa shape index (κ2) is 6.24. The zero-order valence-electron chi connectivity index (χ0n) is 13.4. The third-order valence-electron chi connectivity index (χ3n) is 3.59. The Bertz CT molecular complexity index is 872. The van der Waals surface area contributed by atoms with Gasteiger partial charge >= 0.3 is 0 Å². The van der Waals surface area contributed by atoms with Gasteiger partial charge in [-0.3, -0.25) is 4.98 Å². The SMILES string of the molecule is CC(C)(O)C#Cc1ccc(Cc2nccc3ccccc23)cc1. The maximum atomic E-state index is 9.65. The van der Waals surface area contributed by atoms with Crippen molar-refractivity contribution in [2.24, 2.45) is 0 Å². The normalized spacial score (nSPS) is 11.1. The van der Waals surface area contributed by atoms with Crippen molar-refractivity contribution in [3.63, 3.8) is 0 Å². The molecule has 1 N–H and O–H groups in total. The lowest BCUT2D eigenvalue weighted by Gasteiger charge is -2.07. The zero-order chi connectivity index (χ0) is 16.3. The van der Waals surface area contributed by atoms with E-state index in [1.807, 2.05) is 36.5 Å². The smallest absolute Gasteiger partial charge is 0.120 e. The van der Waals surface area contributed by atoms with Crippen LogP contribution in [0.5, 0.6) is 0 Å². The summed E-state index contributed by atoms with van der Waals surface area (Å²) in [5, 5.41) is 12.1. The van der Waals surface area contributed by atoms with Crippen molar-refractivity contribution in [3.8, 4) is 11.8 Å². The van der Waals surface area contributed by atoms with E-state index in [2.05, 4.69) is 41.1 Å². The molecule has 3 aromatic rings. The maximum absolute atomic E-state index is 9.65. The fourth-order valence-electron chi connectivity index (χ4n) is 2.45. The van der Waals surface area contributed by atoms with Crippen LogP contribution < -0.4 is 0 Å². The van der Waals surface area contributed by atoms with Gasteiger partial charge in [0.05, 0.1) is 5.69 Å². The number of hydrogen-bond donors (Lipinski definition) is 1. The molecule has 0 bridgehead atoms. The Morgan fingerprint density at radius 3 is 2.48 bits per heavy atom. The molecule has 3 rings (SSSR count). The van der Waals surface area contributed by atoms with Crippen molar-refractivity contribution in [2.75, 3.05) is 0 Å². The van der Waals surface area contributed by atoms with Crippen LogP contribution in [0.15, 0.2) is 60.8 Å². The summed E-state index contributed by atoms with van der Waals surface area (Å²) < 4.78 is 0. The Labute approximate surface area is 136 Å². The second-order valence-electron chi connectivity index (χ2n) is 6.16. The Balaban J connectivity index is 1.84. The molecule has 0 atom stereocenters. The summed E-state index contributed by atoms with van der Waals surface area (Å²) in [4.78, 5) is 4.53. The first-order valence-electron chi connectivity index (χ1n) is 7.68. The number of pyridine rings is 1. The number of hydrogen-bond acceptors (Lipinski definition) is 2. The molecule has 114 valence electrons. The number of aliphatic hydroxyl groups is 1. The van der Waals surface area contributed by atoms with Gasteiger partial charge in [-0.15, -0.1) is 0 Å². The molecule has 0 amide bonds. The number of nitrogens with zero attached hydrogens (tertiary/aromatic N) is 1. The molecule has 1 heterocycles. The molecule has 0 fully saturated rings. The summed E-state index contributed by atoms with van der Waals surface area (Å²) in [5.74, 6) is 5.81. The van der Waals surface area contributed by atoms with Crippen LogP contribution in [0.3, 0.4) is 0 Å². The molecule has 0 spiro atoms. The van der Waals surface area contributed by atoms with E-state index >= 15 is 0 Å². The second-order valence-corrected chi connectivity index (χ2v) is 6.16. The molecule has 1 aromatic heterocycles. The maximum Gasteiger partial charge on any atom is 0.120 e. The molecule has 0 saturated heterocycles. The largest absolute Gasteiger partial charge is 0.378 e. The summed E-state index contributed by atoms with van der Waals surface area (Å²) >= 11 is 0. The lowest BCUT2D eigenvalue weighted by Crippen LogP contribution is -2.14. The van der Waals surface area contributed by atoms with E-state index < -0.39 is 5.60 Å². The monoisotopic (exact) mass is 301 g/mol. The van der Waals surface area contributed by atoms with Gasteiger partial charge < -0.3 is 5.11 Å². The predicted molar refractivity (Wildman–Crippen MR) is 94.2 cm³/mol. The number of benzene rings is 2. The molecule has 2 heteroatoms. The number of rotatable bonds is 2. The topological polar surface area (TPSA) is 33.1 Å². The first-order chi connectivity index (χ1) is 11.0. The fraction of sp³-hybridized carbons (Fsp3) is 0.190. The Kier molecular flexibility index (Phi) is 4.14. The van der Waals surface area contributed by atoms with Gasteiger partial charge in [0.15, 0.2) is 0 Å². The summed E-state index contributed by atoms with van der Waals surface area (Å²) in [6.07, 6.45) is 2.65. The lowest BCUT2D eigenvalue weighted by molar-refractivity contribution is 0.143.